The molecule has 6 rings (SSSR count). The fourth-order valence-corrected chi connectivity index (χ4v) is 5.27. The van der Waals surface area contributed by atoms with Gasteiger partial charge in [-0.25, -0.2) is 4.98 Å². The Balaban J connectivity index is 1.36. The molecule has 1 aliphatic rings. The van der Waals surface area contributed by atoms with E-state index in [4.69, 9.17) is 9.72 Å². The summed E-state index contributed by atoms with van der Waals surface area (Å²) in [5.74, 6) is 1.35. The van der Waals surface area contributed by atoms with E-state index in [0.717, 1.165) is 33.5 Å². The van der Waals surface area contributed by atoms with Crippen molar-refractivity contribution in [2.24, 2.45) is 0 Å². The molecule has 180 valence electrons. The Kier molecular flexibility index (Phi) is 5.52. The van der Waals surface area contributed by atoms with Crippen LogP contribution >= 0.6 is 0 Å². The number of methoxy groups -OCH3 is 1. The molecule has 1 aliphatic heterocycles. The van der Waals surface area contributed by atoms with E-state index in [2.05, 4.69) is 11.4 Å². The van der Waals surface area contributed by atoms with E-state index in [1.807, 2.05) is 71.3 Å². The highest BCUT2D eigenvalue weighted by atomic mass is 16.5. The average Bonchev–Trinajstić information content (AvgIpc) is 3.23. The van der Waals surface area contributed by atoms with Gasteiger partial charge in [-0.15, -0.1) is 0 Å². The number of aryl methyl sites for hydroxylation is 1. The summed E-state index contributed by atoms with van der Waals surface area (Å²) in [6.07, 6.45) is 1.39. The van der Waals surface area contributed by atoms with Gasteiger partial charge in [-0.2, -0.15) is 0 Å². The second-order valence-corrected chi connectivity index (χ2v) is 9.00. The molecule has 3 heterocycles. The Morgan fingerprint density at radius 1 is 1.00 bits per heavy atom. The third-order valence-corrected chi connectivity index (χ3v) is 6.95. The van der Waals surface area contributed by atoms with Crippen LogP contribution in [-0.4, -0.2) is 33.7 Å². The van der Waals surface area contributed by atoms with E-state index in [0.29, 0.717) is 42.7 Å². The van der Waals surface area contributed by atoms with E-state index >= 15 is 0 Å². The molecule has 0 bridgehead atoms. The van der Waals surface area contributed by atoms with Crippen molar-refractivity contribution in [1.82, 2.24) is 19.4 Å². The van der Waals surface area contributed by atoms with Crippen LogP contribution in [0.3, 0.4) is 0 Å². The van der Waals surface area contributed by atoms with Crippen LogP contribution < -0.4 is 15.6 Å². The minimum atomic E-state index is -0.0892. The van der Waals surface area contributed by atoms with Gasteiger partial charge < -0.3 is 14.6 Å². The third kappa shape index (κ3) is 3.64. The number of fused-ring (bicyclic) bond motifs is 6. The van der Waals surface area contributed by atoms with Crippen molar-refractivity contribution < 1.29 is 9.53 Å². The molecule has 0 saturated heterocycles. The van der Waals surface area contributed by atoms with Crippen molar-refractivity contribution in [3.8, 4) is 17.3 Å². The van der Waals surface area contributed by atoms with Crippen LogP contribution in [0.4, 0.5) is 0 Å². The summed E-state index contributed by atoms with van der Waals surface area (Å²) in [4.78, 5) is 31.3. The fourth-order valence-electron chi connectivity index (χ4n) is 5.27. The molecule has 3 aromatic carbocycles. The van der Waals surface area contributed by atoms with Crippen LogP contribution in [0, 0.1) is 0 Å². The summed E-state index contributed by atoms with van der Waals surface area (Å²) in [5, 5.41) is 4.77. The second-order valence-electron chi connectivity index (χ2n) is 9.00. The van der Waals surface area contributed by atoms with Gasteiger partial charge in [-0.3, -0.25) is 14.2 Å². The summed E-state index contributed by atoms with van der Waals surface area (Å²) in [7, 11) is 1.65. The zero-order chi connectivity index (χ0) is 24.6. The number of ether oxygens (including phenoxy) is 1. The highest BCUT2D eigenvalue weighted by Crippen LogP contribution is 2.36. The standard InChI is InChI=1S/C29H26N4O3/c1-36-25-13-7-2-8-19(25)14-16-30-26(34)18-33-24-12-6-4-9-20(24)21-15-17-32-28(27(21)33)31-23-11-5-3-10-22(23)29(32)35/h2-13H,14-18H2,1H3,(H,30,34). The predicted molar refractivity (Wildman–Crippen MR) is 140 cm³/mol. The number of amides is 1. The maximum Gasteiger partial charge on any atom is 0.261 e. The molecular weight excluding hydrogens is 452 g/mol. The van der Waals surface area contributed by atoms with Crippen LogP contribution in [0.2, 0.25) is 0 Å². The molecule has 0 fully saturated rings. The lowest BCUT2D eigenvalue weighted by molar-refractivity contribution is -0.121. The van der Waals surface area contributed by atoms with E-state index in [-0.39, 0.29) is 18.0 Å². The third-order valence-electron chi connectivity index (χ3n) is 6.95. The Morgan fingerprint density at radius 2 is 1.75 bits per heavy atom. The van der Waals surface area contributed by atoms with E-state index in [9.17, 15) is 9.59 Å². The molecule has 0 aliphatic carbocycles. The number of nitrogens with zero attached hydrogens (tertiary/aromatic N) is 3. The lowest BCUT2D eigenvalue weighted by Gasteiger charge is -2.21. The SMILES string of the molecule is COc1ccccc1CCNC(=O)Cn1c2c(c3ccccc31)CCn1c-2nc2ccccc2c1=O. The maximum atomic E-state index is 13.3. The lowest BCUT2D eigenvalue weighted by atomic mass is 10.0. The van der Waals surface area contributed by atoms with Crippen molar-refractivity contribution in [3.05, 3.63) is 94.3 Å². The van der Waals surface area contributed by atoms with Crippen molar-refractivity contribution in [1.29, 1.82) is 0 Å². The van der Waals surface area contributed by atoms with Crippen molar-refractivity contribution in [3.63, 3.8) is 0 Å². The number of rotatable bonds is 6. The van der Waals surface area contributed by atoms with Gasteiger partial charge in [0.1, 0.15) is 12.3 Å². The summed E-state index contributed by atoms with van der Waals surface area (Å²) < 4.78 is 9.18. The number of hydrogen-bond acceptors (Lipinski definition) is 4. The summed E-state index contributed by atoms with van der Waals surface area (Å²) in [5.41, 5.74) is 4.63. The van der Waals surface area contributed by atoms with Crippen molar-refractivity contribution in [2.75, 3.05) is 13.7 Å². The molecule has 5 aromatic rings. The van der Waals surface area contributed by atoms with Crippen LogP contribution in [0.1, 0.15) is 11.1 Å². The van der Waals surface area contributed by atoms with Gasteiger partial charge in [-0.1, -0.05) is 48.5 Å². The van der Waals surface area contributed by atoms with Crippen LogP contribution in [-0.2, 0) is 30.7 Å². The van der Waals surface area contributed by atoms with Gasteiger partial charge in [0.05, 0.1) is 23.7 Å². The molecule has 2 aromatic heterocycles. The Labute approximate surface area is 208 Å². The van der Waals surface area contributed by atoms with Crippen molar-refractivity contribution >= 4 is 27.7 Å². The maximum absolute atomic E-state index is 13.3. The van der Waals surface area contributed by atoms with Crippen LogP contribution in [0.15, 0.2) is 77.6 Å². The first-order valence-electron chi connectivity index (χ1n) is 12.1. The van der Waals surface area contributed by atoms with Gasteiger partial charge in [0.25, 0.3) is 5.56 Å². The molecule has 1 amide bonds. The largest absolute Gasteiger partial charge is 0.496 e. The molecule has 36 heavy (non-hydrogen) atoms. The molecule has 7 nitrogen and oxygen atoms in total. The lowest BCUT2D eigenvalue weighted by Crippen LogP contribution is -2.31. The number of carbonyl (C=O) groups excluding carboxylic acids is 1. The summed E-state index contributed by atoms with van der Waals surface area (Å²) >= 11 is 0. The summed E-state index contributed by atoms with van der Waals surface area (Å²) in [6.45, 7) is 1.21. The number of carbonyl (C=O) groups is 1. The quantitative estimate of drug-likeness (QED) is 0.401. The number of para-hydroxylation sites is 3. The zero-order valence-electron chi connectivity index (χ0n) is 20.0. The second kappa shape index (κ2) is 9.00. The topological polar surface area (TPSA) is 78.2 Å². The van der Waals surface area contributed by atoms with Crippen LogP contribution in [0.25, 0.3) is 33.3 Å². The highest BCUT2D eigenvalue weighted by Gasteiger charge is 2.27. The first-order valence-corrected chi connectivity index (χ1v) is 12.1. The monoisotopic (exact) mass is 478 g/mol. The van der Waals surface area contributed by atoms with Gasteiger partial charge in [0.15, 0.2) is 5.82 Å². The molecule has 1 N–H and O–H groups in total. The van der Waals surface area contributed by atoms with Crippen LogP contribution in [0.5, 0.6) is 5.75 Å². The zero-order valence-corrected chi connectivity index (χ0v) is 20.0. The Bertz CT molecular complexity index is 1680. The summed E-state index contributed by atoms with van der Waals surface area (Å²) in [6, 6.07) is 23.4. The minimum absolute atomic E-state index is 0.0423. The van der Waals surface area contributed by atoms with Gasteiger partial charge in [-0.05, 0) is 48.2 Å². The molecular formula is C29H26N4O3. The molecule has 0 unspecified atom stereocenters. The number of aromatic nitrogens is 3. The molecule has 0 spiro atoms. The minimum Gasteiger partial charge on any atom is -0.496 e. The van der Waals surface area contributed by atoms with Gasteiger partial charge in [0, 0.05) is 24.0 Å². The number of hydrogen-bond donors (Lipinski definition) is 1. The first kappa shape index (κ1) is 22.1. The molecule has 0 radical (unpaired) electrons. The Morgan fingerprint density at radius 3 is 2.61 bits per heavy atom. The average molecular weight is 479 g/mol. The number of benzene rings is 3. The molecule has 7 heteroatoms. The van der Waals surface area contributed by atoms with E-state index < -0.39 is 0 Å². The van der Waals surface area contributed by atoms with E-state index in [1.165, 1.54) is 0 Å². The highest BCUT2D eigenvalue weighted by molar-refractivity contribution is 5.93. The van der Waals surface area contributed by atoms with E-state index in [1.54, 1.807) is 11.7 Å². The smallest absolute Gasteiger partial charge is 0.261 e. The molecule has 0 saturated carbocycles. The number of nitrogens with one attached hydrogen (secondary N) is 1. The van der Waals surface area contributed by atoms with Gasteiger partial charge in [0.2, 0.25) is 5.91 Å². The Hall–Kier alpha value is -4.39. The first-order chi connectivity index (χ1) is 17.7. The van der Waals surface area contributed by atoms with Crippen molar-refractivity contribution in [2.45, 2.75) is 25.9 Å². The molecule has 0 atom stereocenters. The normalized spacial score (nSPS) is 12.4. The fraction of sp³-hybridized carbons (Fsp3) is 0.207. The van der Waals surface area contributed by atoms with Gasteiger partial charge >= 0.3 is 0 Å². The predicted octanol–water partition coefficient (Wildman–Crippen LogP) is 3.94.